The van der Waals surface area contributed by atoms with E-state index in [1.165, 1.54) is 0 Å². The van der Waals surface area contributed by atoms with Crippen molar-refractivity contribution in [3.05, 3.63) is 64.2 Å². The molecule has 0 unspecified atom stereocenters. The third kappa shape index (κ3) is 4.08. The van der Waals surface area contributed by atoms with Crippen LogP contribution in [0.2, 0.25) is 0 Å². The number of carbonyl (C=O) groups is 3. The number of hydrogen-bond acceptors (Lipinski definition) is 4. The molecule has 2 aromatic rings. The average molecular weight is 365 g/mol. The quantitative estimate of drug-likeness (QED) is 0.597. The van der Waals surface area contributed by atoms with Crippen LogP contribution in [0.15, 0.2) is 36.4 Å². The summed E-state index contributed by atoms with van der Waals surface area (Å²) in [5, 5.41) is 0. The number of rotatable bonds is 5. The van der Waals surface area contributed by atoms with Gasteiger partial charge in [0.05, 0.1) is 5.56 Å². The van der Waals surface area contributed by atoms with Crippen LogP contribution in [0.4, 0.5) is 5.69 Å². The number of nitrogens with zero attached hydrogens (tertiary/aromatic N) is 1. The number of amides is 1. The van der Waals surface area contributed by atoms with Gasteiger partial charge in [-0.1, -0.05) is 17.7 Å². The van der Waals surface area contributed by atoms with E-state index in [-0.39, 0.29) is 18.3 Å². The van der Waals surface area contributed by atoms with Crippen molar-refractivity contribution < 1.29 is 19.1 Å². The molecule has 0 aliphatic carbocycles. The van der Waals surface area contributed by atoms with Gasteiger partial charge in [0.2, 0.25) is 5.91 Å². The number of benzene rings is 2. The number of ketones is 1. The highest BCUT2D eigenvalue weighted by Gasteiger charge is 2.22. The minimum atomic E-state index is -0.488. The minimum absolute atomic E-state index is 0.104. The summed E-state index contributed by atoms with van der Waals surface area (Å²) >= 11 is 0. The maximum Gasteiger partial charge on any atom is 0.339 e. The first-order valence-electron chi connectivity index (χ1n) is 9.05. The smallest absolute Gasteiger partial charge is 0.339 e. The molecule has 0 N–H and O–H groups in total. The Morgan fingerprint density at radius 1 is 1.04 bits per heavy atom. The lowest BCUT2D eigenvalue weighted by atomic mass is 10.00. The number of aryl methyl sites for hydroxylation is 3. The molecular weight excluding hydrogens is 342 g/mol. The fourth-order valence-corrected chi connectivity index (χ4v) is 3.54. The summed E-state index contributed by atoms with van der Waals surface area (Å²) in [6, 6.07) is 10.7. The highest BCUT2D eigenvalue weighted by atomic mass is 16.5. The van der Waals surface area contributed by atoms with Crippen molar-refractivity contribution >= 4 is 23.3 Å². The van der Waals surface area contributed by atoms with Crippen LogP contribution < -0.4 is 4.90 Å². The average Bonchev–Trinajstić information content (AvgIpc) is 3.05. The lowest BCUT2D eigenvalue weighted by Gasteiger charge is -2.15. The second-order valence-corrected chi connectivity index (χ2v) is 6.97. The lowest BCUT2D eigenvalue weighted by molar-refractivity contribution is -0.117. The third-order valence-electron chi connectivity index (χ3n) is 4.79. The summed E-state index contributed by atoms with van der Waals surface area (Å²) in [4.78, 5) is 38.2. The van der Waals surface area contributed by atoms with Crippen molar-refractivity contribution in [2.24, 2.45) is 0 Å². The van der Waals surface area contributed by atoms with Gasteiger partial charge in [0, 0.05) is 24.2 Å². The van der Waals surface area contributed by atoms with Gasteiger partial charge < -0.3 is 9.64 Å². The Labute approximate surface area is 158 Å². The molecule has 1 fully saturated rings. The highest BCUT2D eigenvalue weighted by Crippen LogP contribution is 2.22. The zero-order valence-corrected chi connectivity index (χ0v) is 15.9. The van der Waals surface area contributed by atoms with Gasteiger partial charge in [0.15, 0.2) is 12.4 Å². The van der Waals surface area contributed by atoms with E-state index in [1.807, 2.05) is 32.9 Å². The van der Waals surface area contributed by atoms with Crippen LogP contribution in [-0.2, 0) is 9.53 Å². The SMILES string of the molecule is Cc1cc(C)c(C(=O)OCC(=O)c2ccc(N3CCCC3=O)cc2)c(C)c1. The number of hydrogen-bond donors (Lipinski definition) is 0. The summed E-state index contributed by atoms with van der Waals surface area (Å²) < 4.78 is 5.24. The van der Waals surface area contributed by atoms with Crippen LogP contribution in [0, 0.1) is 20.8 Å². The molecule has 3 rings (SSSR count). The Hall–Kier alpha value is -2.95. The van der Waals surface area contributed by atoms with E-state index < -0.39 is 5.97 Å². The van der Waals surface area contributed by atoms with Crippen molar-refractivity contribution in [3.63, 3.8) is 0 Å². The number of ether oxygens (including phenoxy) is 1. The predicted molar refractivity (Wildman–Crippen MR) is 103 cm³/mol. The van der Waals surface area contributed by atoms with Gasteiger partial charge in [0.1, 0.15) is 0 Å². The molecule has 1 saturated heterocycles. The first kappa shape index (κ1) is 18.8. The van der Waals surface area contributed by atoms with Crippen LogP contribution in [0.1, 0.15) is 50.2 Å². The fraction of sp³-hybridized carbons (Fsp3) is 0.318. The van der Waals surface area contributed by atoms with Gasteiger partial charge in [-0.05, 0) is 62.6 Å². The number of carbonyl (C=O) groups excluding carboxylic acids is 3. The molecule has 0 bridgehead atoms. The molecule has 0 aromatic heterocycles. The maximum absolute atomic E-state index is 12.4. The van der Waals surface area contributed by atoms with E-state index in [2.05, 4.69) is 0 Å². The first-order chi connectivity index (χ1) is 12.9. The van der Waals surface area contributed by atoms with Gasteiger partial charge in [-0.3, -0.25) is 9.59 Å². The van der Waals surface area contributed by atoms with Crippen molar-refractivity contribution in [3.8, 4) is 0 Å². The van der Waals surface area contributed by atoms with Gasteiger partial charge in [-0.25, -0.2) is 4.79 Å². The predicted octanol–water partition coefficient (Wildman–Crippen LogP) is 3.78. The monoisotopic (exact) mass is 365 g/mol. The maximum atomic E-state index is 12.4. The summed E-state index contributed by atoms with van der Waals surface area (Å²) in [6.07, 6.45) is 1.42. The molecule has 0 spiro atoms. The molecule has 5 nitrogen and oxygen atoms in total. The molecule has 2 aromatic carbocycles. The van der Waals surface area contributed by atoms with Crippen molar-refractivity contribution in [1.82, 2.24) is 0 Å². The van der Waals surface area contributed by atoms with Gasteiger partial charge >= 0.3 is 5.97 Å². The van der Waals surface area contributed by atoms with Crippen molar-refractivity contribution in [2.75, 3.05) is 18.1 Å². The van der Waals surface area contributed by atoms with E-state index in [9.17, 15) is 14.4 Å². The standard InChI is InChI=1S/C22H23NO4/c1-14-11-15(2)21(16(3)12-14)22(26)27-13-19(24)17-6-8-18(9-7-17)23-10-4-5-20(23)25/h6-9,11-12H,4-5,10,13H2,1-3H3. The normalized spacial score (nSPS) is 13.7. The van der Waals surface area contributed by atoms with Crippen LogP contribution in [0.5, 0.6) is 0 Å². The molecule has 0 saturated carbocycles. The van der Waals surface area contributed by atoms with E-state index in [1.54, 1.807) is 29.2 Å². The molecule has 1 aliphatic heterocycles. The van der Waals surface area contributed by atoms with E-state index in [0.717, 1.165) is 28.8 Å². The summed E-state index contributed by atoms with van der Waals surface area (Å²) in [5.41, 5.74) is 4.51. The van der Waals surface area contributed by atoms with Gasteiger partial charge in [0.25, 0.3) is 0 Å². The Morgan fingerprint density at radius 3 is 2.22 bits per heavy atom. The fourth-order valence-electron chi connectivity index (χ4n) is 3.54. The van der Waals surface area contributed by atoms with Gasteiger partial charge in [-0.2, -0.15) is 0 Å². The Bertz CT molecular complexity index is 876. The second kappa shape index (κ2) is 7.74. The minimum Gasteiger partial charge on any atom is -0.454 e. The lowest BCUT2D eigenvalue weighted by Crippen LogP contribution is -2.23. The van der Waals surface area contributed by atoms with Gasteiger partial charge in [-0.15, -0.1) is 0 Å². The Morgan fingerprint density at radius 2 is 1.67 bits per heavy atom. The molecular formula is C22H23NO4. The first-order valence-corrected chi connectivity index (χ1v) is 9.05. The van der Waals surface area contributed by atoms with Crippen LogP contribution >= 0.6 is 0 Å². The van der Waals surface area contributed by atoms with E-state index >= 15 is 0 Å². The van der Waals surface area contributed by atoms with Crippen molar-refractivity contribution in [2.45, 2.75) is 33.6 Å². The third-order valence-corrected chi connectivity index (χ3v) is 4.79. The van der Waals surface area contributed by atoms with Crippen LogP contribution in [0.25, 0.3) is 0 Å². The summed E-state index contributed by atoms with van der Waals surface area (Å²) in [7, 11) is 0. The topological polar surface area (TPSA) is 63.7 Å². The second-order valence-electron chi connectivity index (χ2n) is 6.97. The Kier molecular flexibility index (Phi) is 5.40. The molecule has 0 radical (unpaired) electrons. The van der Waals surface area contributed by atoms with Crippen molar-refractivity contribution in [1.29, 1.82) is 0 Å². The van der Waals surface area contributed by atoms with E-state index in [4.69, 9.17) is 4.74 Å². The number of Topliss-reactive ketones (excluding diaryl/α,β-unsaturated/α-hetero) is 1. The number of esters is 1. The van der Waals surface area contributed by atoms with Crippen LogP contribution in [0.3, 0.4) is 0 Å². The number of anilines is 1. The summed E-state index contributed by atoms with van der Waals surface area (Å²) in [5.74, 6) is -0.658. The zero-order valence-electron chi connectivity index (χ0n) is 15.9. The highest BCUT2D eigenvalue weighted by molar-refractivity contribution is 6.01. The molecule has 5 heteroatoms. The largest absolute Gasteiger partial charge is 0.454 e. The molecule has 1 amide bonds. The Balaban J connectivity index is 1.64. The molecule has 140 valence electrons. The van der Waals surface area contributed by atoms with E-state index in [0.29, 0.717) is 24.1 Å². The molecule has 1 heterocycles. The molecule has 0 atom stereocenters. The van der Waals surface area contributed by atoms with Crippen LogP contribution in [-0.4, -0.2) is 30.8 Å². The molecule has 1 aliphatic rings. The zero-order chi connectivity index (χ0) is 19.6. The summed E-state index contributed by atoms with van der Waals surface area (Å²) in [6.45, 7) is 6.08. The molecule has 27 heavy (non-hydrogen) atoms.